The Balaban J connectivity index is 1.47. The molecule has 0 aliphatic carbocycles. The predicted octanol–water partition coefficient (Wildman–Crippen LogP) is 5.30. The fourth-order valence-corrected chi connectivity index (χ4v) is 4.11. The Kier molecular flexibility index (Phi) is 5.50. The van der Waals surface area contributed by atoms with Crippen LogP contribution in [0.4, 0.5) is 16.2 Å². The topological polar surface area (TPSA) is 84.2 Å². The van der Waals surface area contributed by atoms with Crippen LogP contribution in [-0.2, 0) is 0 Å². The number of hydrogen-bond donors (Lipinski definition) is 2. The monoisotopic (exact) mass is 468 g/mol. The first-order valence-corrected chi connectivity index (χ1v) is 10.4. The number of carbonyl (C=O) groups is 1. The molecule has 2 heterocycles. The van der Waals surface area contributed by atoms with Crippen molar-refractivity contribution in [2.75, 3.05) is 10.6 Å². The molecule has 0 unspecified atom stereocenters. The SMILES string of the molecule is Cc1nc2ncnn2c(Sc2ccc(NC(=O)Nc3cccc(Br)c3)cc2)c1C. The molecule has 0 saturated heterocycles. The zero-order valence-electron chi connectivity index (χ0n) is 15.7. The molecule has 2 aromatic carbocycles. The summed E-state index contributed by atoms with van der Waals surface area (Å²) >= 11 is 4.97. The van der Waals surface area contributed by atoms with Crippen molar-refractivity contribution in [2.24, 2.45) is 0 Å². The summed E-state index contributed by atoms with van der Waals surface area (Å²) in [5.41, 5.74) is 3.40. The van der Waals surface area contributed by atoms with Crippen molar-refractivity contribution in [3.05, 3.63) is 70.6 Å². The summed E-state index contributed by atoms with van der Waals surface area (Å²) < 4.78 is 2.64. The normalized spacial score (nSPS) is 10.9. The lowest BCUT2D eigenvalue weighted by Gasteiger charge is -2.11. The third-order valence-electron chi connectivity index (χ3n) is 4.26. The van der Waals surface area contributed by atoms with Gasteiger partial charge < -0.3 is 10.6 Å². The zero-order valence-corrected chi connectivity index (χ0v) is 18.1. The summed E-state index contributed by atoms with van der Waals surface area (Å²) in [4.78, 5) is 21.8. The van der Waals surface area contributed by atoms with E-state index in [2.05, 4.69) is 41.6 Å². The molecule has 9 heteroatoms. The minimum atomic E-state index is -0.298. The number of benzene rings is 2. The van der Waals surface area contributed by atoms with Gasteiger partial charge in [0.15, 0.2) is 0 Å². The number of halogens is 1. The average molecular weight is 469 g/mol. The minimum absolute atomic E-state index is 0.298. The van der Waals surface area contributed by atoms with E-state index in [-0.39, 0.29) is 6.03 Å². The second-order valence-electron chi connectivity index (χ2n) is 6.32. The van der Waals surface area contributed by atoms with Crippen LogP contribution in [0.3, 0.4) is 0 Å². The van der Waals surface area contributed by atoms with E-state index in [1.165, 1.54) is 6.33 Å². The van der Waals surface area contributed by atoms with Crippen molar-refractivity contribution in [2.45, 2.75) is 23.8 Å². The van der Waals surface area contributed by atoms with Gasteiger partial charge in [0.1, 0.15) is 11.4 Å². The molecule has 7 nitrogen and oxygen atoms in total. The maximum absolute atomic E-state index is 12.2. The van der Waals surface area contributed by atoms with Gasteiger partial charge in [0.25, 0.3) is 5.78 Å². The van der Waals surface area contributed by atoms with Gasteiger partial charge in [-0.3, -0.25) is 0 Å². The van der Waals surface area contributed by atoms with Crippen molar-refractivity contribution < 1.29 is 4.79 Å². The fourth-order valence-electron chi connectivity index (χ4n) is 2.70. The van der Waals surface area contributed by atoms with Gasteiger partial charge in [-0.1, -0.05) is 33.8 Å². The molecule has 146 valence electrons. The maximum Gasteiger partial charge on any atom is 0.323 e. The summed E-state index contributed by atoms with van der Waals surface area (Å²) in [5.74, 6) is 0.582. The van der Waals surface area contributed by atoms with Crippen molar-refractivity contribution in [1.82, 2.24) is 19.6 Å². The number of hydrogen-bond acceptors (Lipinski definition) is 5. The molecule has 2 N–H and O–H groups in total. The highest BCUT2D eigenvalue weighted by atomic mass is 79.9. The number of aryl methyl sites for hydroxylation is 1. The molecule has 2 aromatic heterocycles. The van der Waals surface area contributed by atoms with Crippen LogP contribution in [0, 0.1) is 13.8 Å². The summed E-state index contributed by atoms with van der Waals surface area (Å²) in [6.07, 6.45) is 1.50. The maximum atomic E-state index is 12.2. The molecule has 0 saturated carbocycles. The number of aromatic nitrogens is 4. The highest BCUT2D eigenvalue weighted by Crippen LogP contribution is 2.31. The molecule has 0 aliphatic heterocycles. The summed E-state index contributed by atoms with van der Waals surface area (Å²) in [5, 5.41) is 10.9. The molecule has 0 spiro atoms. The zero-order chi connectivity index (χ0) is 20.4. The van der Waals surface area contributed by atoms with Gasteiger partial charge in [0.2, 0.25) is 0 Å². The van der Waals surface area contributed by atoms with E-state index in [0.717, 1.165) is 25.7 Å². The van der Waals surface area contributed by atoms with Crippen molar-refractivity contribution in [3.63, 3.8) is 0 Å². The van der Waals surface area contributed by atoms with Gasteiger partial charge >= 0.3 is 6.03 Å². The van der Waals surface area contributed by atoms with Gasteiger partial charge in [-0.2, -0.15) is 14.6 Å². The number of rotatable bonds is 4. The standard InChI is InChI=1S/C20H17BrN6OS/c1-12-13(2)24-19-22-11-23-27(19)18(12)29-17-8-6-15(7-9-17)25-20(28)26-16-5-3-4-14(21)10-16/h3-11H,1-2H3,(H2,25,26,28). The molecular formula is C20H17BrN6OS. The van der Waals surface area contributed by atoms with Gasteiger partial charge in [-0.15, -0.1) is 0 Å². The van der Waals surface area contributed by atoms with Crippen LogP contribution >= 0.6 is 27.7 Å². The Hall–Kier alpha value is -2.91. The average Bonchev–Trinajstić information content (AvgIpc) is 3.14. The molecule has 29 heavy (non-hydrogen) atoms. The molecule has 2 amide bonds. The summed E-state index contributed by atoms with van der Waals surface area (Å²) in [6.45, 7) is 3.99. The van der Waals surface area contributed by atoms with Crippen LogP contribution in [0.5, 0.6) is 0 Å². The van der Waals surface area contributed by atoms with Gasteiger partial charge in [-0.05, 0) is 56.3 Å². The Morgan fingerprint density at radius 1 is 1.07 bits per heavy atom. The minimum Gasteiger partial charge on any atom is -0.308 e. The second kappa shape index (κ2) is 8.22. The second-order valence-corrected chi connectivity index (χ2v) is 8.29. The van der Waals surface area contributed by atoms with Crippen molar-refractivity contribution in [3.8, 4) is 0 Å². The molecule has 0 bridgehead atoms. The van der Waals surface area contributed by atoms with Crippen LogP contribution in [0.25, 0.3) is 5.78 Å². The van der Waals surface area contributed by atoms with E-state index in [4.69, 9.17) is 0 Å². The lowest BCUT2D eigenvalue weighted by atomic mass is 10.3. The number of amides is 2. The third kappa shape index (κ3) is 4.41. The van der Waals surface area contributed by atoms with E-state index in [1.807, 2.05) is 62.4 Å². The summed E-state index contributed by atoms with van der Waals surface area (Å²) in [7, 11) is 0. The van der Waals surface area contributed by atoms with Crippen LogP contribution in [0.1, 0.15) is 11.3 Å². The largest absolute Gasteiger partial charge is 0.323 e. The van der Waals surface area contributed by atoms with Crippen LogP contribution in [0.15, 0.2) is 69.3 Å². The van der Waals surface area contributed by atoms with Crippen molar-refractivity contribution >= 4 is 50.9 Å². The number of carbonyl (C=O) groups excluding carboxylic acids is 1. The molecule has 0 atom stereocenters. The highest BCUT2D eigenvalue weighted by molar-refractivity contribution is 9.10. The first-order chi connectivity index (χ1) is 14.0. The van der Waals surface area contributed by atoms with E-state index >= 15 is 0 Å². The highest BCUT2D eigenvalue weighted by Gasteiger charge is 2.12. The number of anilines is 2. The fraction of sp³-hybridized carbons (Fsp3) is 0.100. The van der Waals surface area contributed by atoms with Gasteiger partial charge in [0.05, 0.1) is 0 Å². The van der Waals surface area contributed by atoms with Gasteiger partial charge in [0, 0.05) is 32.0 Å². The van der Waals surface area contributed by atoms with E-state index in [1.54, 1.807) is 16.3 Å². The first-order valence-electron chi connectivity index (χ1n) is 8.78. The Bertz CT molecular complexity index is 1190. The third-order valence-corrected chi connectivity index (χ3v) is 5.94. The number of urea groups is 1. The van der Waals surface area contributed by atoms with Crippen LogP contribution < -0.4 is 10.6 Å². The molecule has 0 radical (unpaired) electrons. The van der Waals surface area contributed by atoms with E-state index in [0.29, 0.717) is 17.2 Å². The number of fused-ring (bicyclic) bond motifs is 1. The van der Waals surface area contributed by atoms with E-state index in [9.17, 15) is 4.79 Å². The Labute approximate surface area is 180 Å². The molecule has 0 fully saturated rings. The number of nitrogens with zero attached hydrogens (tertiary/aromatic N) is 4. The summed E-state index contributed by atoms with van der Waals surface area (Å²) in [6, 6.07) is 14.8. The number of nitrogens with one attached hydrogen (secondary N) is 2. The van der Waals surface area contributed by atoms with Crippen LogP contribution in [0.2, 0.25) is 0 Å². The van der Waals surface area contributed by atoms with Crippen LogP contribution in [-0.4, -0.2) is 25.6 Å². The molecule has 4 aromatic rings. The predicted molar refractivity (Wildman–Crippen MR) is 118 cm³/mol. The smallest absolute Gasteiger partial charge is 0.308 e. The molecule has 4 rings (SSSR count). The lowest BCUT2D eigenvalue weighted by molar-refractivity contribution is 0.262. The first kappa shape index (κ1) is 19.4. The van der Waals surface area contributed by atoms with Gasteiger partial charge in [-0.25, -0.2) is 9.78 Å². The Morgan fingerprint density at radius 3 is 2.59 bits per heavy atom. The Morgan fingerprint density at radius 2 is 1.83 bits per heavy atom. The lowest BCUT2D eigenvalue weighted by Crippen LogP contribution is -2.19. The quantitative estimate of drug-likeness (QED) is 0.397. The molecule has 0 aliphatic rings. The van der Waals surface area contributed by atoms with E-state index < -0.39 is 0 Å². The van der Waals surface area contributed by atoms with Crippen molar-refractivity contribution in [1.29, 1.82) is 0 Å². The molecular weight excluding hydrogens is 452 g/mol.